The molecule has 2 aromatic rings. The fourth-order valence-electron chi connectivity index (χ4n) is 2.63. The van der Waals surface area contributed by atoms with E-state index in [9.17, 15) is 4.79 Å². The molecule has 1 aliphatic rings. The summed E-state index contributed by atoms with van der Waals surface area (Å²) in [6.07, 6.45) is 5.46. The molecule has 0 aliphatic carbocycles. The molecule has 1 fully saturated rings. The van der Waals surface area contributed by atoms with Gasteiger partial charge in [-0.15, -0.1) is 0 Å². The van der Waals surface area contributed by atoms with Crippen LogP contribution < -0.4 is 0 Å². The van der Waals surface area contributed by atoms with Crippen molar-refractivity contribution in [2.45, 2.75) is 32.1 Å². The van der Waals surface area contributed by atoms with E-state index in [1.165, 1.54) is 0 Å². The Morgan fingerprint density at radius 1 is 1.38 bits per heavy atom. The van der Waals surface area contributed by atoms with Crippen LogP contribution in [0.1, 0.15) is 35.8 Å². The van der Waals surface area contributed by atoms with Crippen LogP contribution in [0.3, 0.4) is 0 Å². The van der Waals surface area contributed by atoms with Gasteiger partial charge in [0.1, 0.15) is 17.7 Å². The standard InChI is InChI=1S/C14H17N5O2/c1-10-13(18-21-17-10)8-14(20)19-6-3-11(4-7-19)12-2-5-15-9-16-12/h2,5,9,11H,3-4,6-8H2,1H3. The molecule has 1 aliphatic heterocycles. The molecule has 1 amide bonds. The Morgan fingerprint density at radius 2 is 2.19 bits per heavy atom. The smallest absolute Gasteiger partial charge is 0.228 e. The average Bonchev–Trinajstić information content (AvgIpc) is 2.93. The Kier molecular flexibility index (Phi) is 3.89. The zero-order valence-electron chi connectivity index (χ0n) is 11.9. The van der Waals surface area contributed by atoms with Crippen LogP contribution in [0.5, 0.6) is 0 Å². The molecule has 21 heavy (non-hydrogen) atoms. The van der Waals surface area contributed by atoms with E-state index in [2.05, 4.69) is 24.9 Å². The van der Waals surface area contributed by atoms with E-state index in [-0.39, 0.29) is 12.3 Å². The molecular weight excluding hydrogens is 270 g/mol. The van der Waals surface area contributed by atoms with E-state index in [4.69, 9.17) is 0 Å². The number of likely N-dealkylation sites (tertiary alicyclic amines) is 1. The molecule has 2 aromatic heterocycles. The molecular formula is C14H17N5O2. The number of piperidine rings is 1. The van der Waals surface area contributed by atoms with Crippen molar-refractivity contribution >= 4 is 5.91 Å². The first-order chi connectivity index (χ1) is 10.2. The number of nitrogens with zero attached hydrogens (tertiary/aromatic N) is 5. The number of aryl methyl sites for hydroxylation is 1. The molecule has 0 bridgehead atoms. The van der Waals surface area contributed by atoms with Crippen molar-refractivity contribution in [2.24, 2.45) is 0 Å². The third kappa shape index (κ3) is 3.07. The normalized spacial score (nSPS) is 16.1. The van der Waals surface area contributed by atoms with E-state index in [1.807, 2.05) is 11.0 Å². The maximum absolute atomic E-state index is 12.3. The molecule has 0 radical (unpaired) electrons. The third-order valence-electron chi connectivity index (χ3n) is 3.94. The van der Waals surface area contributed by atoms with E-state index in [0.29, 0.717) is 17.3 Å². The van der Waals surface area contributed by atoms with Crippen LogP contribution in [0.2, 0.25) is 0 Å². The van der Waals surface area contributed by atoms with Crippen LogP contribution in [0.15, 0.2) is 23.2 Å². The Bertz CT molecular complexity index is 605. The van der Waals surface area contributed by atoms with Crippen molar-refractivity contribution in [1.82, 2.24) is 25.2 Å². The lowest BCUT2D eigenvalue weighted by Gasteiger charge is -2.31. The van der Waals surface area contributed by atoms with Crippen LogP contribution in [0, 0.1) is 6.92 Å². The summed E-state index contributed by atoms with van der Waals surface area (Å²) < 4.78 is 4.62. The monoisotopic (exact) mass is 287 g/mol. The summed E-state index contributed by atoms with van der Waals surface area (Å²) in [4.78, 5) is 22.4. The van der Waals surface area contributed by atoms with Gasteiger partial charge in [-0.25, -0.2) is 14.6 Å². The number of carbonyl (C=O) groups excluding carboxylic acids is 1. The SMILES string of the molecule is Cc1nonc1CC(=O)N1CCC(c2ccncn2)CC1. The van der Waals surface area contributed by atoms with E-state index >= 15 is 0 Å². The molecule has 0 atom stereocenters. The molecule has 7 nitrogen and oxygen atoms in total. The summed E-state index contributed by atoms with van der Waals surface area (Å²) in [5.74, 6) is 0.488. The number of aromatic nitrogens is 4. The van der Waals surface area contributed by atoms with Gasteiger partial charge in [0, 0.05) is 30.9 Å². The highest BCUT2D eigenvalue weighted by Gasteiger charge is 2.25. The van der Waals surface area contributed by atoms with Crippen LogP contribution in [-0.2, 0) is 11.2 Å². The van der Waals surface area contributed by atoms with Crippen molar-refractivity contribution < 1.29 is 9.42 Å². The second-order valence-corrected chi connectivity index (χ2v) is 5.26. The highest BCUT2D eigenvalue weighted by atomic mass is 16.6. The fraction of sp³-hybridized carbons (Fsp3) is 0.500. The van der Waals surface area contributed by atoms with Crippen molar-refractivity contribution in [3.8, 4) is 0 Å². The summed E-state index contributed by atoms with van der Waals surface area (Å²) in [6.45, 7) is 3.29. The number of rotatable bonds is 3. The lowest BCUT2D eigenvalue weighted by Crippen LogP contribution is -2.39. The van der Waals surface area contributed by atoms with Crippen LogP contribution >= 0.6 is 0 Å². The molecule has 0 spiro atoms. The Balaban J connectivity index is 1.56. The number of hydrogen-bond acceptors (Lipinski definition) is 6. The quantitative estimate of drug-likeness (QED) is 0.841. The van der Waals surface area contributed by atoms with Gasteiger partial charge in [0.25, 0.3) is 0 Å². The van der Waals surface area contributed by atoms with Gasteiger partial charge in [0.15, 0.2) is 0 Å². The molecule has 110 valence electrons. The van der Waals surface area contributed by atoms with Gasteiger partial charge in [-0.2, -0.15) is 0 Å². The molecule has 3 rings (SSSR count). The average molecular weight is 287 g/mol. The first kappa shape index (κ1) is 13.7. The van der Waals surface area contributed by atoms with Crippen molar-refractivity contribution in [2.75, 3.05) is 13.1 Å². The van der Waals surface area contributed by atoms with E-state index < -0.39 is 0 Å². The molecule has 1 saturated heterocycles. The zero-order valence-corrected chi connectivity index (χ0v) is 11.9. The number of hydrogen-bond donors (Lipinski definition) is 0. The van der Waals surface area contributed by atoms with Gasteiger partial charge in [-0.3, -0.25) is 4.79 Å². The molecule has 0 saturated carbocycles. The maximum Gasteiger partial charge on any atom is 0.228 e. The first-order valence-electron chi connectivity index (χ1n) is 7.06. The first-order valence-corrected chi connectivity index (χ1v) is 7.06. The minimum Gasteiger partial charge on any atom is -0.342 e. The second kappa shape index (κ2) is 5.99. The van der Waals surface area contributed by atoms with E-state index in [1.54, 1.807) is 19.4 Å². The fourth-order valence-corrected chi connectivity index (χ4v) is 2.63. The summed E-state index contributed by atoms with van der Waals surface area (Å²) in [5.41, 5.74) is 2.37. The van der Waals surface area contributed by atoms with Crippen molar-refractivity contribution in [1.29, 1.82) is 0 Å². The molecule has 0 aromatic carbocycles. The van der Waals surface area contributed by atoms with Crippen LogP contribution in [0.25, 0.3) is 0 Å². The van der Waals surface area contributed by atoms with Crippen LogP contribution in [-0.4, -0.2) is 44.2 Å². The minimum absolute atomic E-state index is 0.0786. The predicted octanol–water partition coefficient (Wildman–Crippen LogP) is 1.12. The molecule has 3 heterocycles. The predicted molar refractivity (Wildman–Crippen MR) is 73.3 cm³/mol. The Morgan fingerprint density at radius 3 is 2.81 bits per heavy atom. The molecule has 0 N–H and O–H groups in total. The van der Waals surface area contributed by atoms with Gasteiger partial charge in [-0.05, 0) is 25.8 Å². The summed E-state index contributed by atoms with van der Waals surface area (Å²) in [6, 6.07) is 1.95. The lowest BCUT2D eigenvalue weighted by molar-refractivity contribution is -0.131. The van der Waals surface area contributed by atoms with Crippen LogP contribution in [0.4, 0.5) is 0 Å². The van der Waals surface area contributed by atoms with Gasteiger partial charge in [-0.1, -0.05) is 10.3 Å². The lowest BCUT2D eigenvalue weighted by atomic mass is 9.93. The number of carbonyl (C=O) groups is 1. The largest absolute Gasteiger partial charge is 0.342 e. The highest BCUT2D eigenvalue weighted by Crippen LogP contribution is 2.26. The van der Waals surface area contributed by atoms with E-state index in [0.717, 1.165) is 31.6 Å². The summed E-state index contributed by atoms with van der Waals surface area (Å²) in [7, 11) is 0. The minimum atomic E-state index is 0.0786. The highest BCUT2D eigenvalue weighted by molar-refractivity contribution is 5.78. The summed E-state index contributed by atoms with van der Waals surface area (Å²) >= 11 is 0. The maximum atomic E-state index is 12.3. The molecule has 7 heteroatoms. The van der Waals surface area contributed by atoms with Gasteiger partial charge < -0.3 is 4.90 Å². The van der Waals surface area contributed by atoms with Crippen molar-refractivity contribution in [3.63, 3.8) is 0 Å². The zero-order chi connectivity index (χ0) is 14.7. The topological polar surface area (TPSA) is 85.0 Å². The number of amides is 1. The Labute approximate surface area is 122 Å². The Hall–Kier alpha value is -2.31. The third-order valence-corrected chi connectivity index (χ3v) is 3.94. The van der Waals surface area contributed by atoms with Crippen molar-refractivity contribution in [3.05, 3.63) is 35.7 Å². The second-order valence-electron chi connectivity index (χ2n) is 5.26. The van der Waals surface area contributed by atoms with Gasteiger partial charge in [0.05, 0.1) is 6.42 Å². The molecule has 0 unspecified atom stereocenters. The summed E-state index contributed by atoms with van der Waals surface area (Å²) in [5, 5.41) is 7.46. The van der Waals surface area contributed by atoms with Gasteiger partial charge >= 0.3 is 0 Å². The van der Waals surface area contributed by atoms with Gasteiger partial charge in [0.2, 0.25) is 5.91 Å².